The predicted molar refractivity (Wildman–Crippen MR) is 109 cm³/mol. The van der Waals surface area contributed by atoms with Crippen LogP contribution in [0.3, 0.4) is 0 Å². The highest BCUT2D eigenvalue weighted by molar-refractivity contribution is 7.15. The Morgan fingerprint density at radius 3 is 2.55 bits per heavy atom. The number of benzene rings is 2. The third kappa shape index (κ3) is 5.36. The van der Waals surface area contributed by atoms with Crippen molar-refractivity contribution in [2.24, 2.45) is 0 Å². The Morgan fingerprint density at radius 1 is 1.10 bits per heavy atom. The van der Waals surface area contributed by atoms with Crippen LogP contribution in [0.5, 0.6) is 0 Å². The highest BCUT2D eigenvalue weighted by atomic mass is 35.5. The fourth-order valence-corrected chi connectivity index (χ4v) is 3.71. The number of hydrogen-bond acceptors (Lipinski definition) is 4. The molecule has 2 aromatic carbocycles. The molecule has 0 atom stereocenters. The number of nitrogens with zero attached hydrogens (tertiary/aromatic N) is 1. The Hall–Kier alpha value is -2.84. The number of anilines is 1. The van der Waals surface area contributed by atoms with Gasteiger partial charge in [-0.15, -0.1) is 11.3 Å². The first-order valence-electron chi connectivity index (χ1n) is 8.60. The summed E-state index contributed by atoms with van der Waals surface area (Å²) < 4.78 is 26.7. The molecular formula is C20H16ClF2N3O2S. The van der Waals surface area contributed by atoms with Crippen molar-refractivity contribution in [1.82, 2.24) is 10.3 Å². The number of thiazole rings is 1. The molecule has 0 aliphatic rings. The monoisotopic (exact) mass is 435 g/mol. The van der Waals surface area contributed by atoms with Crippen molar-refractivity contribution in [3.8, 4) is 10.6 Å². The van der Waals surface area contributed by atoms with Gasteiger partial charge in [0.2, 0.25) is 0 Å². The van der Waals surface area contributed by atoms with Crippen molar-refractivity contribution in [2.75, 3.05) is 11.9 Å². The van der Waals surface area contributed by atoms with Gasteiger partial charge in [0, 0.05) is 34.5 Å². The van der Waals surface area contributed by atoms with Crippen molar-refractivity contribution < 1.29 is 18.4 Å². The number of aryl methyl sites for hydroxylation is 1. The molecule has 3 rings (SSSR count). The zero-order chi connectivity index (χ0) is 21.0. The molecule has 0 fully saturated rings. The molecule has 29 heavy (non-hydrogen) atoms. The summed E-state index contributed by atoms with van der Waals surface area (Å²) in [5, 5.41) is 5.99. The summed E-state index contributed by atoms with van der Waals surface area (Å²) in [6, 6.07) is 9.92. The van der Waals surface area contributed by atoms with Gasteiger partial charge in [0.1, 0.15) is 16.6 Å². The summed E-state index contributed by atoms with van der Waals surface area (Å²) >= 11 is 7.38. The number of carbonyl (C=O) groups excluding carboxylic acids is 2. The van der Waals surface area contributed by atoms with Gasteiger partial charge in [0.05, 0.1) is 11.4 Å². The van der Waals surface area contributed by atoms with Gasteiger partial charge in [-0.05, 0) is 31.2 Å². The molecular weight excluding hydrogens is 420 g/mol. The van der Waals surface area contributed by atoms with Crippen LogP contribution in [-0.2, 0) is 16.0 Å². The maximum Gasteiger partial charge on any atom is 0.313 e. The second-order valence-corrected chi connectivity index (χ2v) is 7.64. The van der Waals surface area contributed by atoms with E-state index in [1.54, 1.807) is 12.1 Å². The summed E-state index contributed by atoms with van der Waals surface area (Å²) in [4.78, 5) is 29.3. The number of aromatic nitrogens is 1. The highest BCUT2D eigenvalue weighted by Gasteiger charge is 2.16. The van der Waals surface area contributed by atoms with Crippen LogP contribution in [-0.4, -0.2) is 23.3 Å². The fraction of sp³-hybridized carbons (Fsp3) is 0.150. The van der Waals surface area contributed by atoms with Gasteiger partial charge in [-0.25, -0.2) is 13.8 Å². The van der Waals surface area contributed by atoms with E-state index in [1.165, 1.54) is 11.3 Å². The van der Waals surface area contributed by atoms with Crippen LogP contribution in [0.1, 0.15) is 10.6 Å². The Bertz CT molecular complexity index is 1050. The Morgan fingerprint density at radius 2 is 1.83 bits per heavy atom. The van der Waals surface area contributed by atoms with E-state index < -0.39 is 29.1 Å². The van der Waals surface area contributed by atoms with Crippen LogP contribution in [0.25, 0.3) is 10.6 Å². The smallest absolute Gasteiger partial charge is 0.313 e. The number of amides is 2. The minimum Gasteiger partial charge on any atom is -0.347 e. The molecule has 0 saturated carbocycles. The first-order valence-corrected chi connectivity index (χ1v) is 9.79. The number of rotatable bonds is 5. The Kier molecular flexibility index (Phi) is 6.56. The standard InChI is InChI=1S/C20H16ClF2N3O2S/c1-11-17(29-20(25-11)12-2-4-13(21)5-3-12)8-9-24-18(27)19(28)26-16-10-14(22)6-7-15(16)23/h2-7,10H,8-9H2,1H3,(H,24,27)(H,26,28). The van der Waals surface area contributed by atoms with Gasteiger partial charge in [0.25, 0.3) is 0 Å². The van der Waals surface area contributed by atoms with Crippen LogP contribution in [0.4, 0.5) is 14.5 Å². The molecule has 3 aromatic rings. The molecule has 2 N–H and O–H groups in total. The minimum atomic E-state index is -1.07. The highest BCUT2D eigenvalue weighted by Crippen LogP contribution is 2.29. The fourth-order valence-electron chi connectivity index (χ4n) is 2.52. The Balaban J connectivity index is 1.55. The predicted octanol–water partition coefficient (Wildman–Crippen LogP) is 4.35. The van der Waals surface area contributed by atoms with Crippen molar-refractivity contribution in [1.29, 1.82) is 0 Å². The summed E-state index contributed by atoms with van der Waals surface area (Å²) in [5.74, 6) is -3.56. The first kappa shape index (κ1) is 20.9. The van der Waals surface area contributed by atoms with Gasteiger partial charge in [-0.1, -0.05) is 23.7 Å². The zero-order valence-corrected chi connectivity index (χ0v) is 16.8. The van der Waals surface area contributed by atoms with E-state index in [2.05, 4.69) is 15.6 Å². The van der Waals surface area contributed by atoms with Gasteiger partial charge < -0.3 is 10.6 Å². The SMILES string of the molecule is Cc1nc(-c2ccc(Cl)cc2)sc1CCNC(=O)C(=O)Nc1cc(F)ccc1F. The first-order chi connectivity index (χ1) is 13.8. The molecule has 1 aromatic heterocycles. The molecule has 150 valence electrons. The molecule has 1 heterocycles. The van der Waals surface area contributed by atoms with Gasteiger partial charge >= 0.3 is 11.8 Å². The summed E-state index contributed by atoms with van der Waals surface area (Å²) in [6.45, 7) is 2.06. The van der Waals surface area contributed by atoms with Gasteiger partial charge in [-0.3, -0.25) is 9.59 Å². The van der Waals surface area contributed by atoms with Crippen LogP contribution in [0.2, 0.25) is 5.02 Å². The molecule has 0 aliphatic heterocycles. The maximum atomic E-state index is 13.5. The van der Waals surface area contributed by atoms with Crippen molar-refractivity contribution in [2.45, 2.75) is 13.3 Å². The second-order valence-electron chi connectivity index (χ2n) is 6.12. The largest absolute Gasteiger partial charge is 0.347 e. The lowest BCUT2D eigenvalue weighted by Gasteiger charge is -2.07. The van der Waals surface area contributed by atoms with E-state index in [4.69, 9.17) is 11.6 Å². The van der Waals surface area contributed by atoms with E-state index in [-0.39, 0.29) is 6.54 Å². The number of hydrogen-bond donors (Lipinski definition) is 2. The molecule has 0 saturated heterocycles. The Labute approximate surface area is 174 Å². The van der Waals surface area contributed by atoms with E-state index >= 15 is 0 Å². The van der Waals surface area contributed by atoms with Crippen LogP contribution in [0.15, 0.2) is 42.5 Å². The van der Waals surface area contributed by atoms with Crippen molar-refractivity contribution >= 4 is 40.4 Å². The topological polar surface area (TPSA) is 71.1 Å². The van der Waals surface area contributed by atoms with Gasteiger partial charge in [-0.2, -0.15) is 0 Å². The average molecular weight is 436 g/mol. The van der Waals surface area contributed by atoms with Crippen LogP contribution in [0, 0.1) is 18.6 Å². The third-order valence-corrected chi connectivity index (χ3v) is 5.52. The minimum absolute atomic E-state index is 0.195. The molecule has 0 bridgehead atoms. The number of nitrogens with one attached hydrogen (secondary N) is 2. The van der Waals surface area contributed by atoms with Crippen LogP contribution >= 0.6 is 22.9 Å². The number of carbonyl (C=O) groups is 2. The molecule has 0 spiro atoms. The lowest BCUT2D eigenvalue weighted by molar-refractivity contribution is -0.136. The molecule has 0 unspecified atom stereocenters. The summed E-state index contributed by atoms with van der Waals surface area (Å²) in [6.07, 6.45) is 0.477. The molecule has 0 radical (unpaired) electrons. The second kappa shape index (κ2) is 9.11. The van der Waals surface area contributed by atoms with Crippen molar-refractivity contribution in [3.05, 3.63) is 69.7 Å². The summed E-state index contributed by atoms with van der Waals surface area (Å²) in [7, 11) is 0. The average Bonchev–Trinajstić information content (AvgIpc) is 3.05. The lowest BCUT2D eigenvalue weighted by Crippen LogP contribution is -2.36. The maximum absolute atomic E-state index is 13.5. The zero-order valence-electron chi connectivity index (χ0n) is 15.3. The van der Waals surface area contributed by atoms with Crippen molar-refractivity contribution in [3.63, 3.8) is 0 Å². The normalized spacial score (nSPS) is 10.6. The van der Waals surface area contributed by atoms with Gasteiger partial charge in [0.15, 0.2) is 0 Å². The van der Waals surface area contributed by atoms with Crippen LogP contribution < -0.4 is 10.6 Å². The molecule has 5 nitrogen and oxygen atoms in total. The third-order valence-electron chi connectivity index (χ3n) is 4.00. The van der Waals surface area contributed by atoms with E-state index in [0.29, 0.717) is 11.4 Å². The van der Waals surface area contributed by atoms with E-state index in [0.717, 1.165) is 39.3 Å². The van der Waals surface area contributed by atoms with E-state index in [9.17, 15) is 18.4 Å². The summed E-state index contributed by atoms with van der Waals surface area (Å²) in [5.41, 5.74) is 1.38. The molecule has 9 heteroatoms. The molecule has 2 amide bonds. The quantitative estimate of drug-likeness (QED) is 0.585. The molecule has 0 aliphatic carbocycles. The van der Waals surface area contributed by atoms with E-state index in [1.807, 2.05) is 19.1 Å². The number of halogens is 3. The lowest BCUT2D eigenvalue weighted by atomic mass is 10.2.